The number of ether oxygens (including phenoxy) is 1. The lowest BCUT2D eigenvalue weighted by molar-refractivity contribution is 0.133. The Morgan fingerprint density at radius 2 is 2.26 bits per heavy atom. The van der Waals surface area contributed by atoms with Crippen LogP contribution in [0.5, 0.6) is 0 Å². The number of aromatic amines is 1. The number of nitriles is 1. The van der Waals surface area contributed by atoms with Crippen LogP contribution in [0.2, 0.25) is 0 Å². The number of hydrogen-bond acceptors (Lipinski definition) is 5. The van der Waals surface area contributed by atoms with Crippen LogP contribution in [0.3, 0.4) is 0 Å². The number of piperidine rings is 1. The number of rotatable bonds is 5. The van der Waals surface area contributed by atoms with E-state index in [1.54, 1.807) is 7.11 Å². The molecule has 0 bridgehead atoms. The predicted octanol–water partition coefficient (Wildman–Crippen LogP) is 2.55. The van der Waals surface area contributed by atoms with Crippen molar-refractivity contribution in [3.05, 3.63) is 47.0 Å². The number of aromatic nitrogens is 3. The number of likely N-dealkylation sites (tertiary alicyclic amines) is 1. The average Bonchev–Trinajstić information content (AvgIpc) is 3.05. The lowest BCUT2D eigenvalue weighted by atomic mass is 9.99. The van der Waals surface area contributed by atoms with Crippen molar-refractivity contribution in [2.75, 3.05) is 13.7 Å². The van der Waals surface area contributed by atoms with E-state index in [1.807, 2.05) is 24.3 Å². The van der Waals surface area contributed by atoms with Gasteiger partial charge in [0.15, 0.2) is 11.6 Å². The topological polar surface area (TPSA) is 77.8 Å². The van der Waals surface area contributed by atoms with Crippen LogP contribution in [0.4, 0.5) is 0 Å². The SMILES string of the molecule is COCc1nc(C2CCCCN2Cc2ccccc2C#N)n[nH]1. The highest BCUT2D eigenvalue weighted by Gasteiger charge is 2.27. The second-order valence-corrected chi connectivity index (χ2v) is 5.82. The maximum absolute atomic E-state index is 9.28. The zero-order valence-corrected chi connectivity index (χ0v) is 13.3. The van der Waals surface area contributed by atoms with Gasteiger partial charge in [-0.1, -0.05) is 24.6 Å². The summed E-state index contributed by atoms with van der Waals surface area (Å²) in [6.45, 7) is 2.19. The van der Waals surface area contributed by atoms with Crippen LogP contribution in [0.1, 0.15) is 48.1 Å². The largest absolute Gasteiger partial charge is 0.377 e. The summed E-state index contributed by atoms with van der Waals surface area (Å²) in [7, 11) is 1.65. The van der Waals surface area contributed by atoms with E-state index in [9.17, 15) is 5.26 Å². The minimum absolute atomic E-state index is 0.192. The normalized spacial score (nSPS) is 18.7. The summed E-state index contributed by atoms with van der Waals surface area (Å²) in [5.74, 6) is 1.58. The van der Waals surface area contributed by atoms with Gasteiger partial charge in [0, 0.05) is 13.7 Å². The summed E-state index contributed by atoms with van der Waals surface area (Å²) in [6.07, 6.45) is 3.38. The Hall–Kier alpha value is -2.23. The van der Waals surface area contributed by atoms with Crippen LogP contribution in [0.25, 0.3) is 0 Å². The number of benzene rings is 1. The second-order valence-electron chi connectivity index (χ2n) is 5.82. The monoisotopic (exact) mass is 311 g/mol. The molecule has 6 heteroatoms. The van der Waals surface area contributed by atoms with Crippen LogP contribution in [-0.2, 0) is 17.9 Å². The summed E-state index contributed by atoms with van der Waals surface area (Å²) < 4.78 is 5.10. The quantitative estimate of drug-likeness (QED) is 0.918. The number of hydrogen-bond donors (Lipinski definition) is 1. The zero-order valence-electron chi connectivity index (χ0n) is 13.3. The fourth-order valence-electron chi connectivity index (χ4n) is 3.12. The molecule has 23 heavy (non-hydrogen) atoms. The molecule has 1 atom stereocenters. The van der Waals surface area contributed by atoms with Crippen molar-refractivity contribution in [1.29, 1.82) is 5.26 Å². The highest BCUT2D eigenvalue weighted by Crippen LogP contribution is 2.30. The molecule has 1 aromatic carbocycles. The smallest absolute Gasteiger partial charge is 0.167 e. The van der Waals surface area contributed by atoms with Crippen molar-refractivity contribution in [2.45, 2.75) is 38.5 Å². The first-order valence-corrected chi connectivity index (χ1v) is 7.94. The summed E-state index contributed by atoms with van der Waals surface area (Å²) >= 11 is 0. The molecule has 1 aliphatic rings. The van der Waals surface area contributed by atoms with Crippen molar-refractivity contribution in [3.63, 3.8) is 0 Å². The molecule has 0 spiro atoms. The van der Waals surface area contributed by atoms with Gasteiger partial charge in [0.1, 0.15) is 6.61 Å². The average molecular weight is 311 g/mol. The highest BCUT2D eigenvalue weighted by atomic mass is 16.5. The van der Waals surface area contributed by atoms with Gasteiger partial charge in [0.25, 0.3) is 0 Å². The molecule has 1 saturated heterocycles. The van der Waals surface area contributed by atoms with Gasteiger partial charge in [-0.05, 0) is 31.0 Å². The van der Waals surface area contributed by atoms with E-state index in [-0.39, 0.29) is 6.04 Å². The van der Waals surface area contributed by atoms with Crippen molar-refractivity contribution in [1.82, 2.24) is 20.1 Å². The van der Waals surface area contributed by atoms with Crippen LogP contribution in [0.15, 0.2) is 24.3 Å². The van der Waals surface area contributed by atoms with Crippen molar-refractivity contribution in [2.24, 2.45) is 0 Å². The van der Waals surface area contributed by atoms with Crippen LogP contribution in [-0.4, -0.2) is 33.7 Å². The Labute approximate surface area is 136 Å². The van der Waals surface area contributed by atoms with Crippen molar-refractivity contribution >= 4 is 0 Å². The zero-order chi connectivity index (χ0) is 16.1. The van der Waals surface area contributed by atoms with E-state index >= 15 is 0 Å². The third-order valence-electron chi connectivity index (χ3n) is 4.25. The second kappa shape index (κ2) is 7.36. The Morgan fingerprint density at radius 3 is 3.09 bits per heavy atom. The minimum atomic E-state index is 0.192. The van der Waals surface area contributed by atoms with E-state index < -0.39 is 0 Å². The molecule has 1 aliphatic heterocycles. The van der Waals surface area contributed by atoms with Gasteiger partial charge < -0.3 is 4.74 Å². The van der Waals surface area contributed by atoms with Gasteiger partial charge in [0.05, 0.1) is 17.7 Å². The maximum Gasteiger partial charge on any atom is 0.167 e. The Kier molecular flexibility index (Phi) is 5.01. The molecular formula is C17H21N5O. The van der Waals surface area contributed by atoms with Gasteiger partial charge in [-0.25, -0.2) is 4.98 Å². The third kappa shape index (κ3) is 3.58. The molecule has 2 heterocycles. The van der Waals surface area contributed by atoms with Crippen molar-refractivity contribution in [3.8, 4) is 6.07 Å². The first-order valence-electron chi connectivity index (χ1n) is 7.94. The molecule has 0 saturated carbocycles. The lowest BCUT2D eigenvalue weighted by Crippen LogP contribution is -2.33. The van der Waals surface area contributed by atoms with Gasteiger partial charge in [0.2, 0.25) is 0 Å². The molecule has 120 valence electrons. The van der Waals surface area contributed by atoms with Gasteiger partial charge in [-0.2, -0.15) is 10.4 Å². The van der Waals surface area contributed by atoms with E-state index in [0.717, 1.165) is 42.3 Å². The molecule has 3 rings (SSSR count). The fraction of sp³-hybridized carbons (Fsp3) is 0.471. The van der Waals surface area contributed by atoms with Crippen LogP contribution in [0, 0.1) is 11.3 Å². The molecule has 0 radical (unpaired) electrons. The molecule has 1 unspecified atom stereocenters. The standard InChI is InChI=1S/C17H21N5O/c1-23-12-16-19-17(21-20-16)15-8-4-5-9-22(15)11-14-7-3-2-6-13(14)10-18/h2-3,6-7,15H,4-5,8-9,11-12H2,1H3,(H,19,20,21). The fourth-order valence-corrected chi connectivity index (χ4v) is 3.12. The van der Waals surface area contributed by atoms with E-state index in [0.29, 0.717) is 6.61 Å². The Bertz CT molecular complexity index is 690. The number of methoxy groups -OCH3 is 1. The Balaban J connectivity index is 1.79. The van der Waals surface area contributed by atoms with Gasteiger partial charge in [-0.15, -0.1) is 0 Å². The minimum Gasteiger partial charge on any atom is -0.377 e. The Morgan fingerprint density at radius 1 is 1.39 bits per heavy atom. The number of H-pyrrole nitrogens is 1. The molecule has 6 nitrogen and oxygen atoms in total. The molecule has 1 N–H and O–H groups in total. The summed E-state index contributed by atoms with van der Waals surface area (Å²) in [5.41, 5.74) is 1.81. The highest BCUT2D eigenvalue weighted by molar-refractivity contribution is 5.37. The van der Waals surface area contributed by atoms with Crippen molar-refractivity contribution < 1.29 is 4.74 Å². The number of nitrogens with one attached hydrogen (secondary N) is 1. The lowest BCUT2D eigenvalue weighted by Gasteiger charge is -2.34. The maximum atomic E-state index is 9.28. The molecule has 0 amide bonds. The third-order valence-corrected chi connectivity index (χ3v) is 4.25. The van der Waals surface area contributed by atoms with Crippen LogP contribution < -0.4 is 0 Å². The molecular weight excluding hydrogens is 290 g/mol. The van der Waals surface area contributed by atoms with Crippen LogP contribution >= 0.6 is 0 Å². The molecule has 2 aromatic rings. The molecule has 1 aromatic heterocycles. The first kappa shape index (κ1) is 15.7. The predicted molar refractivity (Wildman–Crippen MR) is 85.3 cm³/mol. The van der Waals surface area contributed by atoms with Gasteiger partial charge in [-0.3, -0.25) is 10.00 Å². The van der Waals surface area contributed by atoms with E-state index in [4.69, 9.17) is 4.74 Å². The first-order chi connectivity index (χ1) is 11.3. The van der Waals surface area contributed by atoms with Gasteiger partial charge >= 0.3 is 0 Å². The summed E-state index contributed by atoms with van der Waals surface area (Å²) in [4.78, 5) is 6.93. The summed E-state index contributed by atoms with van der Waals surface area (Å²) in [6, 6.07) is 10.3. The molecule has 1 fully saturated rings. The molecule has 0 aliphatic carbocycles. The number of nitrogens with zero attached hydrogens (tertiary/aromatic N) is 4. The summed E-state index contributed by atoms with van der Waals surface area (Å²) in [5, 5.41) is 16.6. The van der Waals surface area contributed by atoms with E-state index in [1.165, 1.54) is 12.8 Å². The van der Waals surface area contributed by atoms with E-state index in [2.05, 4.69) is 26.2 Å².